The predicted octanol–water partition coefficient (Wildman–Crippen LogP) is 2.01. The van der Waals surface area contributed by atoms with Crippen LogP contribution in [0.3, 0.4) is 0 Å². The number of carbonyl (C=O) groups excluding carboxylic acids is 2. The van der Waals surface area contributed by atoms with Crippen molar-refractivity contribution in [2.75, 3.05) is 39.4 Å². The zero-order valence-corrected chi connectivity index (χ0v) is 18.1. The van der Waals surface area contributed by atoms with Gasteiger partial charge in [-0.05, 0) is 49.7 Å². The van der Waals surface area contributed by atoms with Gasteiger partial charge >= 0.3 is 0 Å². The van der Waals surface area contributed by atoms with Gasteiger partial charge in [0.05, 0.1) is 5.92 Å². The second kappa shape index (κ2) is 9.92. The number of rotatable bonds is 3. The molecule has 0 spiro atoms. The maximum absolute atomic E-state index is 13.4. The molecule has 6 heteroatoms. The number of amides is 2. The molecule has 30 heavy (non-hydrogen) atoms. The molecule has 0 saturated carbocycles. The van der Waals surface area contributed by atoms with Crippen molar-refractivity contribution in [2.24, 2.45) is 5.92 Å². The quantitative estimate of drug-likeness (QED) is 0.824. The lowest BCUT2D eigenvalue weighted by molar-refractivity contribution is -0.137. The monoisotopic (exact) mass is 413 g/mol. The molecule has 0 radical (unpaired) electrons. The Morgan fingerprint density at radius 1 is 0.900 bits per heavy atom. The van der Waals surface area contributed by atoms with Gasteiger partial charge in [0.2, 0.25) is 11.8 Å². The summed E-state index contributed by atoms with van der Waals surface area (Å²) in [6.07, 6.45) is 5.65. The Morgan fingerprint density at radius 2 is 1.57 bits per heavy atom. The fourth-order valence-electron chi connectivity index (χ4n) is 5.13. The van der Waals surface area contributed by atoms with E-state index in [-0.39, 0.29) is 23.8 Å². The average molecular weight is 414 g/mol. The van der Waals surface area contributed by atoms with Crippen LogP contribution in [-0.2, 0) is 27.2 Å². The van der Waals surface area contributed by atoms with Gasteiger partial charge in [0.25, 0.3) is 0 Å². The van der Waals surface area contributed by atoms with E-state index in [1.54, 1.807) is 6.92 Å². The number of fused-ring (bicyclic) bond motifs is 1. The van der Waals surface area contributed by atoms with Crippen LogP contribution < -0.4 is 5.32 Å². The van der Waals surface area contributed by atoms with Gasteiger partial charge in [-0.1, -0.05) is 24.3 Å². The first kappa shape index (κ1) is 21.3. The Morgan fingerprint density at radius 3 is 2.20 bits per heavy atom. The van der Waals surface area contributed by atoms with Crippen LogP contribution >= 0.6 is 0 Å². The Bertz CT molecular complexity index is 720. The molecule has 164 valence electrons. The highest BCUT2D eigenvalue weighted by Gasteiger charge is 2.33. The fraction of sp³-hybridized carbons (Fsp3) is 0.667. The van der Waals surface area contributed by atoms with E-state index < -0.39 is 0 Å². The smallest absolute Gasteiger partial charge is 0.227 e. The van der Waals surface area contributed by atoms with Crippen molar-refractivity contribution < 1.29 is 14.3 Å². The molecule has 1 aromatic carbocycles. The number of hydrogen-bond donors (Lipinski definition) is 1. The summed E-state index contributed by atoms with van der Waals surface area (Å²) in [6, 6.07) is 9.23. The van der Waals surface area contributed by atoms with Crippen LogP contribution in [-0.4, -0.2) is 73.1 Å². The molecule has 2 atom stereocenters. The van der Waals surface area contributed by atoms with E-state index in [2.05, 4.69) is 29.6 Å². The SMILES string of the molecule is CC(=O)N1C[C@@H](NC2CCOCC2)CC[C@@H](C(=O)N2CCc3ccccc3CC2)C1. The predicted molar refractivity (Wildman–Crippen MR) is 116 cm³/mol. The highest BCUT2D eigenvalue weighted by molar-refractivity contribution is 5.80. The molecule has 3 aliphatic rings. The van der Waals surface area contributed by atoms with Gasteiger partial charge in [0, 0.05) is 58.4 Å². The summed E-state index contributed by atoms with van der Waals surface area (Å²) in [4.78, 5) is 29.6. The minimum Gasteiger partial charge on any atom is -0.381 e. The van der Waals surface area contributed by atoms with Crippen LogP contribution in [0.15, 0.2) is 24.3 Å². The number of benzene rings is 1. The van der Waals surface area contributed by atoms with Gasteiger partial charge in [-0.3, -0.25) is 9.59 Å². The minimum absolute atomic E-state index is 0.0664. The second-order valence-corrected chi connectivity index (χ2v) is 9.04. The van der Waals surface area contributed by atoms with E-state index in [1.165, 1.54) is 11.1 Å². The molecular weight excluding hydrogens is 378 g/mol. The van der Waals surface area contributed by atoms with Crippen molar-refractivity contribution >= 4 is 11.8 Å². The first-order valence-corrected chi connectivity index (χ1v) is 11.5. The van der Waals surface area contributed by atoms with Crippen molar-refractivity contribution in [3.05, 3.63) is 35.4 Å². The Kier molecular flexibility index (Phi) is 7.05. The summed E-state index contributed by atoms with van der Waals surface area (Å²) in [5, 5.41) is 3.74. The summed E-state index contributed by atoms with van der Waals surface area (Å²) in [6.45, 7) is 6.03. The summed E-state index contributed by atoms with van der Waals surface area (Å²) in [5.41, 5.74) is 2.72. The second-order valence-electron chi connectivity index (χ2n) is 9.04. The zero-order valence-electron chi connectivity index (χ0n) is 18.1. The molecule has 3 heterocycles. The maximum Gasteiger partial charge on any atom is 0.227 e. The van der Waals surface area contributed by atoms with E-state index in [1.807, 2.05) is 9.80 Å². The average Bonchev–Trinajstić information content (AvgIpc) is 3.11. The molecule has 3 aliphatic heterocycles. The molecule has 0 aromatic heterocycles. The van der Waals surface area contributed by atoms with Gasteiger partial charge in [-0.25, -0.2) is 0 Å². The molecule has 2 saturated heterocycles. The van der Waals surface area contributed by atoms with E-state index >= 15 is 0 Å². The Balaban J connectivity index is 1.39. The summed E-state index contributed by atoms with van der Waals surface area (Å²) < 4.78 is 5.47. The number of nitrogens with zero attached hydrogens (tertiary/aromatic N) is 2. The van der Waals surface area contributed by atoms with E-state index in [0.29, 0.717) is 19.1 Å². The normalized spacial score (nSPS) is 25.9. The highest BCUT2D eigenvalue weighted by Crippen LogP contribution is 2.23. The van der Waals surface area contributed by atoms with Crippen LogP contribution in [0.5, 0.6) is 0 Å². The topological polar surface area (TPSA) is 61.9 Å². The van der Waals surface area contributed by atoms with Crippen molar-refractivity contribution in [1.29, 1.82) is 0 Å². The molecule has 1 aromatic rings. The number of hydrogen-bond acceptors (Lipinski definition) is 4. The Hall–Kier alpha value is -1.92. The number of likely N-dealkylation sites (tertiary alicyclic amines) is 1. The molecule has 1 N–H and O–H groups in total. The molecule has 4 rings (SSSR count). The molecule has 0 aliphatic carbocycles. The van der Waals surface area contributed by atoms with Crippen LogP contribution in [0, 0.1) is 5.92 Å². The highest BCUT2D eigenvalue weighted by atomic mass is 16.5. The molecule has 2 amide bonds. The first-order chi connectivity index (χ1) is 14.6. The third kappa shape index (κ3) is 5.22. The Labute approximate surface area is 179 Å². The summed E-state index contributed by atoms with van der Waals surface area (Å²) in [5.74, 6) is 0.189. The number of carbonyl (C=O) groups is 2. The van der Waals surface area contributed by atoms with Gasteiger partial charge in [0.15, 0.2) is 0 Å². The van der Waals surface area contributed by atoms with Crippen molar-refractivity contribution in [2.45, 2.75) is 57.5 Å². The molecule has 0 bridgehead atoms. The van der Waals surface area contributed by atoms with E-state index in [0.717, 1.165) is 64.8 Å². The molecule has 6 nitrogen and oxygen atoms in total. The summed E-state index contributed by atoms with van der Waals surface area (Å²) >= 11 is 0. The third-order valence-electron chi connectivity index (χ3n) is 6.96. The number of nitrogens with one attached hydrogen (secondary N) is 1. The largest absolute Gasteiger partial charge is 0.381 e. The van der Waals surface area contributed by atoms with Crippen molar-refractivity contribution in [3.8, 4) is 0 Å². The lowest BCUT2D eigenvalue weighted by Gasteiger charge is -2.30. The van der Waals surface area contributed by atoms with Crippen LogP contribution in [0.4, 0.5) is 0 Å². The minimum atomic E-state index is -0.100. The molecule has 0 unspecified atom stereocenters. The van der Waals surface area contributed by atoms with Gasteiger partial charge in [-0.15, -0.1) is 0 Å². The van der Waals surface area contributed by atoms with Crippen molar-refractivity contribution in [3.63, 3.8) is 0 Å². The lowest BCUT2D eigenvalue weighted by atomic mass is 9.99. The molecule has 2 fully saturated rings. The van der Waals surface area contributed by atoms with Crippen molar-refractivity contribution in [1.82, 2.24) is 15.1 Å². The van der Waals surface area contributed by atoms with E-state index in [9.17, 15) is 9.59 Å². The first-order valence-electron chi connectivity index (χ1n) is 11.5. The van der Waals surface area contributed by atoms with E-state index in [4.69, 9.17) is 4.74 Å². The zero-order chi connectivity index (χ0) is 20.9. The van der Waals surface area contributed by atoms with Gasteiger partial charge < -0.3 is 19.9 Å². The standard InChI is InChI=1S/C24H35N3O3/c1-18(28)27-16-21(6-7-23(17-27)25-22-10-14-30-15-11-22)24(29)26-12-8-19-4-2-3-5-20(19)9-13-26/h2-5,21-23,25H,6-17H2,1H3/t21-,23+/m1/s1. The third-order valence-corrected chi connectivity index (χ3v) is 6.96. The van der Waals surface area contributed by atoms with Gasteiger partial charge in [0.1, 0.15) is 0 Å². The lowest BCUT2D eigenvalue weighted by Crippen LogP contribution is -2.48. The fourth-order valence-corrected chi connectivity index (χ4v) is 5.13. The van der Waals surface area contributed by atoms with Crippen LogP contribution in [0.1, 0.15) is 43.7 Å². The van der Waals surface area contributed by atoms with Crippen LogP contribution in [0.2, 0.25) is 0 Å². The number of ether oxygens (including phenoxy) is 1. The maximum atomic E-state index is 13.4. The van der Waals surface area contributed by atoms with Crippen LogP contribution in [0.25, 0.3) is 0 Å². The van der Waals surface area contributed by atoms with Gasteiger partial charge in [-0.2, -0.15) is 0 Å². The summed E-state index contributed by atoms with van der Waals surface area (Å²) in [7, 11) is 0. The molecular formula is C24H35N3O3.